The third-order valence-corrected chi connectivity index (χ3v) is 3.21. The Hall–Kier alpha value is -2.08. The van der Waals surface area contributed by atoms with Crippen LogP contribution in [-0.4, -0.2) is 47.9 Å². The highest BCUT2D eigenvalue weighted by Crippen LogP contribution is 2.20. The minimum atomic E-state index is -0.709. The van der Waals surface area contributed by atoms with Gasteiger partial charge in [-0.3, -0.25) is 4.90 Å². The average Bonchev–Trinajstić information content (AvgIpc) is 2.47. The predicted octanol–water partition coefficient (Wildman–Crippen LogP) is 1.18. The van der Waals surface area contributed by atoms with Gasteiger partial charge in [-0.15, -0.1) is 0 Å². The van der Waals surface area contributed by atoms with E-state index in [1.807, 2.05) is 0 Å². The molecule has 1 fully saturated rings. The Bertz CT molecular complexity index is 476. The molecule has 2 rings (SSSR count). The van der Waals surface area contributed by atoms with Crippen molar-refractivity contribution in [1.29, 1.82) is 0 Å². The van der Waals surface area contributed by atoms with E-state index >= 15 is 0 Å². The second-order valence-corrected chi connectivity index (χ2v) is 4.60. The number of ether oxygens (including phenoxy) is 2. The first kappa shape index (κ1) is 14.3. The molecule has 1 amide bonds. The van der Waals surface area contributed by atoms with Gasteiger partial charge in [0.2, 0.25) is 0 Å². The predicted molar refractivity (Wildman–Crippen MR) is 70.2 cm³/mol. The summed E-state index contributed by atoms with van der Waals surface area (Å²) in [6.45, 7) is 0.0609. The van der Waals surface area contributed by atoms with Crippen LogP contribution in [0.2, 0.25) is 0 Å². The van der Waals surface area contributed by atoms with Gasteiger partial charge in [-0.25, -0.2) is 9.59 Å². The van der Waals surface area contributed by atoms with E-state index in [9.17, 15) is 14.7 Å². The minimum absolute atomic E-state index is 0.0609. The first-order chi connectivity index (χ1) is 9.61. The number of β-amino-alcohol motifs (C(OH)–C–C–N with tert-alkyl or cyclic N) is 1. The number of nitrogens with zero attached hydrogens (tertiary/aromatic N) is 1. The van der Waals surface area contributed by atoms with Gasteiger partial charge in [0.1, 0.15) is 11.8 Å². The lowest BCUT2D eigenvalue weighted by atomic mass is 10.0. The molecule has 0 aliphatic carbocycles. The Morgan fingerprint density at radius 1 is 1.25 bits per heavy atom. The molecular weight excluding hydrogens is 262 g/mol. The second-order valence-electron chi connectivity index (χ2n) is 4.60. The zero-order valence-corrected chi connectivity index (χ0v) is 11.2. The van der Waals surface area contributed by atoms with Crippen molar-refractivity contribution in [2.24, 2.45) is 0 Å². The van der Waals surface area contributed by atoms with Crippen LogP contribution >= 0.6 is 0 Å². The molecule has 0 radical (unpaired) electrons. The molecule has 108 valence electrons. The molecule has 0 spiro atoms. The quantitative estimate of drug-likeness (QED) is 0.823. The molecule has 6 nitrogen and oxygen atoms in total. The number of esters is 1. The summed E-state index contributed by atoms with van der Waals surface area (Å²) in [5.74, 6) is -0.108. The lowest BCUT2D eigenvalue weighted by Crippen LogP contribution is -2.53. The van der Waals surface area contributed by atoms with E-state index in [-0.39, 0.29) is 6.54 Å². The summed E-state index contributed by atoms with van der Waals surface area (Å²) in [6, 6.07) is 7.87. The van der Waals surface area contributed by atoms with Gasteiger partial charge in [0, 0.05) is 0 Å². The van der Waals surface area contributed by atoms with Crippen molar-refractivity contribution in [3.63, 3.8) is 0 Å². The van der Waals surface area contributed by atoms with Crippen LogP contribution in [0.1, 0.15) is 12.8 Å². The van der Waals surface area contributed by atoms with Crippen LogP contribution < -0.4 is 4.74 Å². The molecule has 1 saturated heterocycles. The van der Waals surface area contributed by atoms with Crippen LogP contribution in [0.15, 0.2) is 30.3 Å². The Kier molecular flexibility index (Phi) is 4.57. The average molecular weight is 279 g/mol. The SMILES string of the molecule is COC(=O)[C@@H]1CC[C@@H](O)CN1C(=O)Oc1ccccc1. The van der Waals surface area contributed by atoms with Crippen LogP contribution in [0.3, 0.4) is 0 Å². The maximum atomic E-state index is 12.1. The molecule has 1 aliphatic heterocycles. The van der Waals surface area contributed by atoms with Gasteiger partial charge in [0.25, 0.3) is 0 Å². The molecule has 20 heavy (non-hydrogen) atoms. The molecular formula is C14H17NO5. The fourth-order valence-corrected chi connectivity index (χ4v) is 2.18. The van der Waals surface area contributed by atoms with Crippen molar-refractivity contribution in [3.8, 4) is 5.75 Å². The monoisotopic (exact) mass is 279 g/mol. The number of hydrogen-bond acceptors (Lipinski definition) is 5. The summed E-state index contributed by atoms with van der Waals surface area (Å²) in [7, 11) is 1.27. The lowest BCUT2D eigenvalue weighted by Gasteiger charge is -2.35. The lowest BCUT2D eigenvalue weighted by molar-refractivity contribution is -0.148. The van der Waals surface area contributed by atoms with E-state index in [0.29, 0.717) is 18.6 Å². The molecule has 2 atom stereocenters. The molecule has 0 unspecified atom stereocenters. The molecule has 1 aromatic rings. The van der Waals surface area contributed by atoms with Crippen molar-refractivity contribution in [3.05, 3.63) is 30.3 Å². The van der Waals surface area contributed by atoms with Gasteiger partial charge in [-0.2, -0.15) is 0 Å². The van der Waals surface area contributed by atoms with Gasteiger partial charge in [-0.1, -0.05) is 18.2 Å². The van der Waals surface area contributed by atoms with Crippen molar-refractivity contribution in [2.75, 3.05) is 13.7 Å². The summed E-state index contributed by atoms with van der Waals surface area (Å²) in [4.78, 5) is 25.0. The summed E-state index contributed by atoms with van der Waals surface area (Å²) < 4.78 is 9.88. The highest BCUT2D eigenvalue weighted by atomic mass is 16.6. The molecule has 1 N–H and O–H groups in total. The third-order valence-electron chi connectivity index (χ3n) is 3.21. The number of likely N-dealkylation sites (tertiary alicyclic amines) is 1. The van der Waals surface area contributed by atoms with Crippen molar-refractivity contribution in [2.45, 2.75) is 25.0 Å². The number of methoxy groups -OCH3 is 1. The smallest absolute Gasteiger partial charge is 0.416 e. The summed E-state index contributed by atoms with van der Waals surface area (Å²) in [5, 5.41) is 9.67. The summed E-state index contributed by atoms with van der Waals surface area (Å²) in [5.41, 5.74) is 0. The van der Waals surface area contributed by atoms with Gasteiger partial charge in [-0.05, 0) is 25.0 Å². The van der Waals surface area contributed by atoms with Gasteiger partial charge >= 0.3 is 12.1 Å². The Morgan fingerprint density at radius 2 is 1.95 bits per heavy atom. The van der Waals surface area contributed by atoms with E-state index < -0.39 is 24.2 Å². The topological polar surface area (TPSA) is 76.1 Å². The van der Waals surface area contributed by atoms with Crippen LogP contribution in [0.4, 0.5) is 4.79 Å². The molecule has 1 aliphatic rings. The van der Waals surface area contributed by atoms with Crippen molar-refractivity contribution < 1.29 is 24.2 Å². The van der Waals surface area contributed by atoms with Crippen molar-refractivity contribution in [1.82, 2.24) is 4.90 Å². The highest BCUT2D eigenvalue weighted by Gasteiger charge is 2.37. The van der Waals surface area contributed by atoms with E-state index in [1.165, 1.54) is 12.0 Å². The number of hydrogen-bond donors (Lipinski definition) is 1. The Morgan fingerprint density at radius 3 is 2.60 bits per heavy atom. The fourth-order valence-electron chi connectivity index (χ4n) is 2.18. The number of aliphatic hydroxyl groups is 1. The largest absolute Gasteiger partial charge is 0.467 e. The second kappa shape index (κ2) is 6.38. The zero-order chi connectivity index (χ0) is 14.5. The number of carbonyl (C=O) groups is 2. The Labute approximate surface area is 116 Å². The van der Waals surface area contributed by atoms with Gasteiger partial charge < -0.3 is 14.6 Å². The molecule has 0 aromatic heterocycles. The molecule has 1 heterocycles. The minimum Gasteiger partial charge on any atom is -0.467 e. The Balaban J connectivity index is 2.09. The third kappa shape index (κ3) is 3.27. The van der Waals surface area contributed by atoms with E-state index in [0.717, 1.165) is 0 Å². The first-order valence-electron chi connectivity index (χ1n) is 6.41. The molecule has 0 saturated carbocycles. The molecule has 0 bridgehead atoms. The number of amides is 1. The number of para-hydroxylation sites is 1. The van der Waals surface area contributed by atoms with Crippen LogP contribution in [0.25, 0.3) is 0 Å². The van der Waals surface area contributed by atoms with E-state index in [2.05, 4.69) is 4.74 Å². The standard InChI is InChI=1S/C14H17NO5/c1-19-13(17)12-8-7-10(16)9-15(12)14(18)20-11-5-3-2-4-6-11/h2-6,10,12,16H,7-9H2,1H3/t10-,12+/m1/s1. The fraction of sp³-hybridized carbons (Fsp3) is 0.429. The zero-order valence-electron chi connectivity index (χ0n) is 11.2. The highest BCUT2D eigenvalue weighted by molar-refractivity contribution is 5.82. The first-order valence-corrected chi connectivity index (χ1v) is 6.41. The number of rotatable bonds is 2. The number of carbonyl (C=O) groups excluding carboxylic acids is 2. The van der Waals surface area contributed by atoms with Gasteiger partial charge in [0.15, 0.2) is 0 Å². The maximum Gasteiger partial charge on any atom is 0.416 e. The number of piperidine rings is 1. The maximum absolute atomic E-state index is 12.1. The molecule has 6 heteroatoms. The van der Waals surface area contributed by atoms with E-state index in [4.69, 9.17) is 4.74 Å². The van der Waals surface area contributed by atoms with Crippen LogP contribution in [0, 0.1) is 0 Å². The van der Waals surface area contributed by atoms with Crippen LogP contribution in [-0.2, 0) is 9.53 Å². The summed E-state index contributed by atoms with van der Waals surface area (Å²) >= 11 is 0. The van der Waals surface area contributed by atoms with Crippen molar-refractivity contribution >= 4 is 12.1 Å². The number of aliphatic hydroxyl groups excluding tert-OH is 1. The molecule has 1 aromatic carbocycles. The van der Waals surface area contributed by atoms with Gasteiger partial charge in [0.05, 0.1) is 19.8 Å². The number of benzene rings is 1. The van der Waals surface area contributed by atoms with Crippen LogP contribution in [0.5, 0.6) is 5.75 Å². The van der Waals surface area contributed by atoms with E-state index in [1.54, 1.807) is 30.3 Å². The normalized spacial score (nSPS) is 22.2. The summed E-state index contributed by atoms with van der Waals surface area (Å²) in [6.07, 6.45) is -0.503.